The summed E-state index contributed by atoms with van der Waals surface area (Å²) in [6.07, 6.45) is 5.55. The Hall–Kier alpha value is -2.30. The molecule has 0 radical (unpaired) electrons. The Morgan fingerprint density at radius 1 is 1.04 bits per heavy atom. The van der Waals surface area contributed by atoms with Crippen LogP contribution in [0.3, 0.4) is 0 Å². The summed E-state index contributed by atoms with van der Waals surface area (Å²) in [4.78, 5) is 28.6. The normalized spacial score (nSPS) is 17.2. The fourth-order valence-electron chi connectivity index (χ4n) is 4.10. The second kappa shape index (κ2) is 6.78. The maximum absolute atomic E-state index is 12.7. The molecule has 2 amide bonds. The summed E-state index contributed by atoms with van der Waals surface area (Å²) in [6, 6.07) is 4.35. The molecule has 4 rings (SSSR count). The van der Waals surface area contributed by atoms with Gasteiger partial charge in [0, 0.05) is 43.0 Å². The molecule has 1 aromatic heterocycles. The van der Waals surface area contributed by atoms with Gasteiger partial charge in [0.1, 0.15) is 5.58 Å². The van der Waals surface area contributed by atoms with Crippen LogP contribution >= 0.6 is 0 Å². The molecule has 0 N–H and O–H groups in total. The topological polar surface area (TPSA) is 53.8 Å². The minimum absolute atomic E-state index is 0.0104. The fraction of sp³-hybridized carbons (Fsp3) is 0.524. The van der Waals surface area contributed by atoms with E-state index in [2.05, 4.69) is 12.1 Å². The molecule has 0 spiro atoms. The zero-order chi connectivity index (χ0) is 18.3. The summed E-state index contributed by atoms with van der Waals surface area (Å²) in [5, 5.41) is 1.08. The summed E-state index contributed by atoms with van der Waals surface area (Å²) in [6.45, 7) is 6.32. The molecular formula is C21H26N2O3. The van der Waals surface area contributed by atoms with Gasteiger partial charge < -0.3 is 14.2 Å². The Labute approximate surface area is 153 Å². The number of fused-ring (bicyclic) bond motifs is 2. The minimum Gasteiger partial charge on any atom is -0.464 e. The number of amides is 2. The number of hydrogen-bond acceptors (Lipinski definition) is 3. The van der Waals surface area contributed by atoms with E-state index in [-0.39, 0.29) is 17.7 Å². The van der Waals surface area contributed by atoms with Crippen LogP contribution in [-0.4, -0.2) is 47.8 Å². The smallest absolute Gasteiger partial charge is 0.227 e. The van der Waals surface area contributed by atoms with Crippen molar-refractivity contribution >= 4 is 22.8 Å². The zero-order valence-electron chi connectivity index (χ0n) is 15.6. The Kier molecular flexibility index (Phi) is 4.47. The van der Waals surface area contributed by atoms with Crippen molar-refractivity contribution in [2.75, 3.05) is 26.2 Å². The predicted molar refractivity (Wildman–Crippen MR) is 99.9 cm³/mol. The number of aryl methyl sites for hydroxylation is 2. The average molecular weight is 354 g/mol. The van der Waals surface area contributed by atoms with Crippen LogP contribution in [0.25, 0.3) is 11.0 Å². The van der Waals surface area contributed by atoms with Crippen LogP contribution in [0.1, 0.15) is 37.0 Å². The Morgan fingerprint density at radius 2 is 1.69 bits per heavy atom. The molecule has 2 heterocycles. The highest BCUT2D eigenvalue weighted by Crippen LogP contribution is 2.30. The van der Waals surface area contributed by atoms with E-state index in [1.807, 2.05) is 23.6 Å². The number of hydrogen-bond donors (Lipinski definition) is 0. The predicted octanol–water partition coefficient (Wildman–Crippen LogP) is 2.79. The van der Waals surface area contributed by atoms with E-state index in [1.165, 1.54) is 17.5 Å². The largest absolute Gasteiger partial charge is 0.464 e. The number of rotatable bonds is 3. The third-order valence-corrected chi connectivity index (χ3v) is 5.65. The zero-order valence-corrected chi connectivity index (χ0v) is 15.6. The Balaban J connectivity index is 1.43. The summed E-state index contributed by atoms with van der Waals surface area (Å²) < 4.78 is 5.71. The maximum Gasteiger partial charge on any atom is 0.227 e. The van der Waals surface area contributed by atoms with Crippen molar-refractivity contribution in [2.24, 2.45) is 5.92 Å². The van der Waals surface area contributed by atoms with Crippen LogP contribution in [-0.2, 0) is 28.9 Å². The van der Waals surface area contributed by atoms with Crippen molar-refractivity contribution in [1.29, 1.82) is 0 Å². The first-order valence-electron chi connectivity index (χ1n) is 9.61. The lowest BCUT2D eigenvalue weighted by Crippen LogP contribution is -2.51. The van der Waals surface area contributed by atoms with Gasteiger partial charge in [-0.1, -0.05) is 13.8 Å². The van der Waals surface area contributed by atoms with E-state index in [0.29, 0.717) is 32.6 Å². The summed E-state index contributed by atoms with van der Waals surface area (Å²) in [5.74, 6) is 0.299. The highest BCUT2D eigenvalue weighted by molar-refractivity contribution is 5.89. The molecule has 0 unspecified atom stereocenters. The van der Waals surface area contributed by atoms with Crippen LogP contribution in [0.15, 0.2) is 22.8 Å². The minimum atomic E-state index is 0.0104. The summed E-state index contributed by atoms with van der Waals surface area (Å²) in [5.41, 5.74) is 4.64. The van der Waals surface area contributed by atoms with Crippen molar-refractivity contribution in [2.45, 2.75) is 39.5 Å². The molecule has 0 bridgehead atoms. The first kappa shape index (κ1) is 17.1. The second-order valence-corrected chi connectivity index (χ2v) is 7.77. The number of carbonyl (C=O) groups is 2. The lowest BCUT2D eigenvalue weighted by atomic mass is 10.0. The van der Waals surface area contributed by atoms with Gasteiger partial charge in [-0.15, -0.1) is 0 Å². The monoisotopic (exact) mass is 354 g/mol. The number of carbonyl (C=O) groups excluding carboxylic acids is 2. The van der Waals surface area contributed by atoms with Gasteiger partial charge in [0.25, 0.3) is 0 Å². The Bertz CT molecular complexity index is 844. The molecule has 1 aliphatic heterocycles. The van der Waals surface area contributed by atoms with Crippen molar-refractivity contribution in [1.82, 2.24) is 9.80 Å². The molecule has 138 valence electrons. The van der Waals surface area contributed by atoms with Crippen LogP contribution in [0, 0.1) is 5.92 Å². The van der Waals surface area contributed by atoms with Gasteiger partial charge in [-0.25, -0.2) is 0 Å². The van der Waals surface area contributed by atoms with Gasteiger partial charge in [0.15, 0.2) is 0 Å². The van der Waals surface area contributed by atoms with E-state index >= 15 is 0 Å². The highest BCUT2D eigenvalue weighted by Gasteiger charge is 2.26. The summed E-state index contributed by atoms with van der Waals surface area (Å²) in [7, 11) is 0. The lowest BCUT2D eigenvalue weighted by Gasteiger charge is -2.35. The average Bonchev–Trinajstić information content (AvgIpc) is 3.25. The van der Waals surface area contributed by atoms with Crippen molar-refractivity contribution in [3.63, 3.8) is 0 Å². The highest BCUT2D eigenvalue weighted by atomic mass is 16.3. The molecule has 26 heavy (non-hydrogen) atoms. The quantitative estimate of drug-likeness (QED) is 0.852. The lowest BCUT2D eigenvalue weighted by molar-refractivity contribution is -0.141. The number of benzene rings is 1. The molecule has 0 saturated carbocycles. The van der Waals surface area contributed by atoms with Gasteiger partial charge in [0.2, 0.25) is 11.8 Å². The van der Waals surface area contributed by atoms with E-state index < -0.39 is 0 Å². The van der Waals surface area contributed by atoms with Gasteiger partial charge in [0.05, 0.1) is 12.7 Å². The molecule has 1 aliphatic carbocycles. The van der Waals surface area contributed by atoms with Crippen LogP contribution in [0.5, 0.6) is 0 Å². The molecule has 2 aliphatic rings. The first-order valence-corrected chi connectivity index (χ1v) is 9.61. The van der Waals surface area contributed by atoms with E-state index in [1.54, 1.807) is 6.26 Å². The maximum atomic E-state index is 12.7. The van der Waals surface area contributed by atoms with Gasteiger partial charge >= 0.3 is 0 Å². The van der Waals surface area contributed by atoms with Crippen molar-refractivity contribution in [3.8, 4) is 0 Å². The van der Waals surface area contributed by atoms with E-state index in [4.69, 9.17) is 4.42 Å². The summed E-state index contributed by atoms with van der Waals surface area (Å²) >= 11 is 0. The third kappa shape index (κ3) is 3.11. The van der Waals surface area contributed by atoms with E-state index in [0.717, 1.165) is 29.4 Å². The fourth-order valence-corrected chi connectivity index (χ4v) is 4.10. The number of furan rings is 1. The molecule has 5 nitrogen and oxygen atoms in total. The standard InChI is InChI=1S/C21H26N2O3/c1-14(2)21(25)23-8-6-22(7-9-23)20(24)12-17-13-26-19-11-16-5-3-4-15(16)10-18(17)19/h10-11,13-14H,3-9,12H2,1-2H3. The van der Waals surface area contributed by atoms with Crippen molar-refractivity contribution < 1.29 is 14.0 Å². The molecule has 0 atom stereocenters. The van der Waals surface area contributed by atoms with E-state index in [9.17, 15) is 9.59 Å². The Morgan fingerprint density at radius 3 is 2.38 bits per heavy atom. The first-order chi connectivity index (χ1) is 12.5. The molecule has 1 fully saturated rings. The SMILES string of the molecule is CC(C)C(=O)N1CCN(C(=O)Cc2coc3cc4c(cc23)CCC4)CC1. The molecular weight excluding hydrogens is 328 g/mol. The molecule has 5 heteroatoms. The number of nitrogens with zero attached hydrogens (tertiary/aromatic N) is 2. The third-order valence-electron chi connectivity index (χ3n) is 5.65. The second-order valence-electron chi connectivity index (χ2n) is 7.77. The molecule has 2 aromatic rings. The molecule has 1 saturated heterocycles. The molecule has 1 aromatic carbocycles. The van der Waals surface area contributed by atoms with Gasteiger partial charge in [-0.2, -0.15) is 0 Å². The van der Waals surface area contributed by atoms with Gasteiger partial charge in [-0.05, 0) is 42.5 Å². The van der Waals surface area contributed by atoms with Crippen LogP contribution < -0.4 is 0 Å². The van der Waals surface area contributed by atoms with Crippen LogP contribution in [0.2, 0.25) is 0 Å². The van der Waals surface area contributed by atoms with Crippen molar-refractivity contribution in [3.05, 3.63) is 35.1 Å². The van der Waals surface area contributed by atoms with Gasteiger partial charge in [-0.3, -0.25) is 9.59 Å². The van der Waals surface area contributed by atoms with Crippen LogP contribution in [0.4, 0.5) is 0 Å². The number of piperazine rings is 1.